The maximum Gasteiger partial charge on any atom is 0.303 e. The zero-order valence-corrected chi connectivity index (χ0v) is 74.7. The summed E-state index contributed by atoms with van der Waals surface area (Å²) in [5.74, 6) is -3.48. The van der Waals surface area contributed by atoms with Crippen molar-refractivity contribution in [2.75, 3.05) is 387 Å². The SMILES string of the molecule is COCCOCCOCCOCCOCCOCCOCCOCCNS(=O)(=O)CCCN(CCCS(=O)(=O)NCCOCCOCCOCCOCCOCCOCCOCCOC)c1ccc(C2=C(O)C(C3C=CC(=[N+](CCCC(=O)O)CCCS(=O)(=O)NCCOCCOCCOCCOCCOCCOCCOCCOC)C=C3)C2=O)cc1. The Kier molecular flexibility index (Phi) is 71.2. The number of ether oxygens (including phenoxy) is 24. The van der Waals surface area contributed by atoms with E-state index in [2.05, 4.69) is 14.2 Å². The van der Waals surface area contributed by atoms with Gasteiger partial charge in [0.2, 0.25) is 30.1 Å². The van der Waals surface area contributed by atoms with E-state index < -0.39 is 47.9 Å². The number of benzene rings is 1. The fourth-order valence-electron chi connectivity index (χ4n) is 11.2. The van der Waals surface area contributed by atoms with Gasteiger partial charge in [-0.2, -0.15) is 0 Å². The van der Waals surface area contributed by atoms with Crippen LogP contribution in [0.15, 0.2) is 54.3 Å². The number of aliphatic hydroxyl groups is 1. The monoisotopic (exact) mass is 1810 g/mol. The lowest BCUT2D eigenvalue weighted by Crippen LogP contribution is -2.36. The molecular weight excluding hydrogens is 1670 g/mol. The van der Waals surface area contributed by atoms with Gasteiger partial charge in [-0.25, -0.2) is 44.0 Å². The van der Waals surface area contributed by atoms with E-state index in [1.165, 1.54) is 0 Å². The Balaban J connectivity index is 1.44. The molecule has 42 heteroatoms. The number of nitrogens with one attached hydrogen (secondary N) is 3. The van der Waals surface area contributed by atoms with Crippen molar-refractivity contribution in [3.8, 4) is 0 Å². The molecule has 0 spiro atoms. The van der Waals surface area contributed by atoms with Crippen molar-refractivity contribution in [2.24, 2.45) is 11.8 Å². The van der Waals surface area contributed by atoms with Crippen LogP contribution in [0.5, 0.6) is 0 Å². The van der Waals surface area contributed by atoms with Crippen LogP contribution in [-0.2, 0) is 153 Å². The number of carboxylic acid groups (broad SMARTS) is 1. The Morgan fingerprint density at radius 2 is 0.607 bits per heavy atom. The molecule has 0 aromatic heterocycles. The molecule has 39 nitrogen and oxygen atoms in total. The number of aliphatic carboxylic acids is 1. The molecular formula is C80H144N5O34S3+. The normalized spacial score (nSPS) is 14.5. The first-order valence-corrected chi connectivity index (χ1v) is 47.0. The molecule has 3 rings (SSSR count). The minimum absolute atomic E-state index is 0.0282. The summed E-state index contributed by atoms with van der Waals surface area (Å²) in [7, 11) is -6.35. The van der Waals surface area contributed by atoms with Crippen LogP contribution in [-0.4, -0.2) is 439 Å². The molecule has 710 valence electrons. The van der Waals surface area contributed by atoms with Crippen LogP contribution in [0.2, 0.25) is 0 Å². The number of carbonyl (C=O) groups excluding carboxylic acids is 1. The number of methoxy groups -OCH3 is 3. The van der Waals surface area contributed by atoms with Crippen LogP contribution in [0.1, 0.15) is 37.7 Å². The van der Waals surface area contributed by atoms with Crippen LogP contribution in [0.25, 0.3) is 5.57 Å². The number of ketones is 1. The standard InChI is InChI=1S/C80H143N5O34S3/c1-96-27-30-102-39-42-108-51-54-114-63-66-117-60-57-111-48-45-105-36-33-99-24-17-81-120(90,91)69-5-21-84(20-4-8-76(86)87)74-13-9-72(10-14-74)77-79(88)78(80(77)89)73-11-15-75(16-12-73)85(22-6-70-121(92,93)82-18-25-100-34-37-106-46-49-112-58-61-118-67-64-115-55-52-109-43-40-103-31-28-97-2)23-7-71-122(94,95)83-19-26-101-35-38-107-47-50-113-59-62-119-68-65-116-56-53-110-44-41-104-32-29-98-3/h9-16,72,77,81-83H,4-8,17-71H2,1-3H3,(H-,86,87,88,89)/p+1. The molecule has 0 amide bonds. The van der Waals surface area contributed by atoms with Crippen LogP contribution in [0, 0.1) is 11.8 Å². The molecule has 0 saturated carbocycles. The minimum atomic E-state index is -3.76. The molecule has 0 saturated heterocycles. The van der Waals surface area contributed by atoms with Gasteiger partial charge < -0.3 is 129 Å². The lowest BCUT2D eigenvalue weighted by atomic mass is 9.71. The predicted octanol–water partition coefficient (Wildman–Crippen LogP) is 1.24. The first kappa shape index (κ1) is 112. The van der Waals surface area contributed by atoms with Crippen molar-refractivity contribution in [1.29, 1.82) is 0 Å². The first-order valence-electron chi connectivity index (χ1n) is 42.1. The molecule has 2 aliphatic rings. The van der Waals surface area contributed by atoms with E-state index in [0.717, 1.165) is 0 Å². The highest BCUT2D eigenvalue weighted by atomic mass is 32.2. The average molecular weight is 1820 g/mol. The number of nitrogens with zero attached hydrogens (tertiary/aromatic N) is 2. The van der Waals surface area contributed by atoms with Crippen LogP contribution < -0.4 is 19.1 Å². The number of aliphatic hydroxyl groups excluding tert-OH is 1. The zero-order chi connectivity index (χ0) is 88.0. The van der Waals surface area contributed by atoms with E-state index in [9.17, 15) is 45.1 Å². The van der Waals surface area contributed by atoms with Gasteiger partial charge in [-0.1, -0.05) is 24.3 Å². The predicted molar refractivity (Wildman–Crippen MR) is 452 cm³/mol. The van der Waals surface area contributed by atoms with Gasteiger partial charge in [-0.15, -0.1) is 0 Å². The second-order valence-corrected chi connectivity index (χ2v) is 32.7. The number of anilines is 1. The highest BCUT2D eigenvalue weighted by molar-refractivity contribution is 7.90. The Labute approximate surface area is 723 Å². The third-order valence-electron chi connectivity index (χ3n) is 17.4. The Hall–Kier alpha value is -4.38. The van der Waals surface area contributed by atoms with Crippen molar-refractivity contribution in [1.82, 2.24) is 14.2 Å². The number of sulfonamides is 3. The van der Waals surface area contributed by atoms with Crippen molar-refractivity contribution < 1.29 is 163 Å². The summed E-state index contributed by atoms with van der Waals surface area (Å²) in [6, 6.07) is 6.81. The summed E-state index contributed by atoms with van der Waals surface area (Å²) in [6.07, 6.45) is 7.86. The van der Waals surface area contributed by atoms with Gasteiger partial charge >= 0.3 is 5.97 Å². The summed E-state index contributed by atoms with van der Waals surface area (Å²) < 4.78 is 218. The Morgan fingerprint density at radius 3 is 0.861 bits per heavy atom. The number of hydrogen-bond donors (Lipinski definition) is 5. The second-order valence-electron chi connectivity index (χ2n) is 26.9. The molecule has 1 unspecified atom stereocenters. The smallest absolute Gasteiger partial charge is 0.303 e. The summed E-state index contributed by atoms with van der Waals surface area (Å²) in [5, 5.41) is 20.9. The maximum absolute atomic E-state index is 14.0. The molecule has 0 radical (unpaired) electrons. The summed E-state index contributed by atoms with van der Waals surface area (Å²) in [6.45, 7) is 19.2. The molecule has 0 fully saturated rings. The van der Waals surface area contributed by atoms with E-state index in [1.807, 2.05) is 9.48 Å². The van der Waals surface area contributed by atoms with Gasteiger partial charge in [0.1, 0.15) is 18.8 Å². The summed E-state index contributed by atoms with van der Waals surface area (Å²) >= 11 is 0. The maximum atomic E-state index is 14.0. The zero-order valence-electron chi connectivity index (χ0n) is 72.3. The van der Waals surface area contributed by atoms with Crippen LogP contribution in [0.3, 0.4) is 0 Å². The molecule has 5 N–H and O–H groups in total. The van der Waals surface area contributed by atoms with Gasteiger partial charge in [0, 0.05) is 90.7 Å². The van der Waals surface area contributed by atoms with Crippen molar-refractivity contribution in [3.63, 3.8) is 0 Å². The molecule has 0 aliphatic heterocycles. The minimum Gasteiger partial charge on any atom is -0.511 e. The fourth-order valence-corrected chi connectivity index (χ4v) is 14.3. The molecule has 1 aromatic carbocycles. The average Bonchev–Trinajstić information content (AvgIpc) is 0.747. The van der Waals surface area contributed by atoms with Crippen molar-refractivity contribution >= 4 is 58.8 Å². The van der Waals surface area contributed by atoms with Gasteiger partial charge in [-0.3, -0.25) is 9.59 Å². The second kappa shape index (κ2) is 77.7. The lowest BCUT2D eigenvalue weighted by molar-refractivity contribution is -0.526. The Bertz CT molecular complexity index is 3080. The molecule has 2 aliphatic carbocycles. The number of carboxylic acids is 1. The van der Waals surface area contributed by atoms with E-state index >= 15 is 0 Å². The lowest BCUT2D eigenvalue weighted by Gasteiger charge is -2.32. The number of hydrogen-bond acceptors (Lipinski definition) is 34. The third kappa shape index (κ3) is 62.7. The van der Waals surface area contributed by atoms with E-state index in [4.69, 9.17) is 114 Å². The van der Waals surface area contributed by atoms with Gasteiger partial charge in [0.25, 0.3) is 0 Å². The molecule has 0 heterocycles. The van der Waals surface area contributed by atoms with Gasteiger partial charge in [-0.05, 0) is 30.5 Å². The summed E-state index contributed by atoms with van der Waals surface area (Å²) in [4.78, 5) is 27.3. The highest BCUT2D eigenvalue weighted by Gasteiger charge is 2.44. The molecule has 1 aromatic rings. The van der Waals surface area contributed by atoms with E-state index in [1.54, 1.807) is 69.9 Å². The van der Waals surface area contributed by atoms with E-state index in [-0.39, 0.29) is 159 Å². The molecule has 1 atom stereocenters. The number of allylic oxidation sites excluding steroid dienone is 6. The summed E-state index contributed by atoms with van der Waals surface area (Å²) in [5.41, 5.74) is 1.89. The highest BCUT2D eigenvalue weighted by Crippen LogP contribution is 2.42. The number of rotatable bonds is 94. The first-order chi connectivity index (χ1) is 59.5. The van der Waals surface area contributed by atoms with Crippen LogP contribution >= 0.6 is 0 Å². The largest absolute Gasteiger partial charge is 0.511 e. The quantitative estimate of drug-likeness (QED) is 0.0452. The third-order valence-corrected chi connectivity index (χ3v) is 21.8. The fraction of sp³-hybridized carbons (Fsp3) is 0.812. The Morgan fingerprint density at radius 1 is 0.361 bits per heavy atom. The van der Waals surface area contributed by atoms with Crippen LogP contribution in [0.4, 0.5) is 5.69 Å². The number of Topliss-reactive ketones (excluding diaryl/α,β-unsaturated/α-hetero) is 1. The van der Waals surface area contributed by atoms with Crippen molar-refractivity contribution in [2.45, 2.75) is 32.1 Å². The van der Waals surface area contributed by atoms with E-state index in [0.29, 0.717) is 268 Å². The topological polar surface area (TPSA) is 441 Å². The molecule has 0 bridgehead atoms. The number of carbonyl (C=O) groups is 2. The molecule has 122 heavy (non-hydrogen) atoms. The van der Waals surface area contributed by atoms with Gasteiger partial charge in [0.05, 0.1) is 332 Å². The van der Waals surface area contributed by atoms with Crippen molar-refractivity contribution in [3.05, 3.63) is 59.9 Å². The van der Waals surface area contributed by atoms with Gasteiger partial charge in [0.15, 0.2) is 11.5 Å².